The summed E-state index contributed by atoms with van der Waals surface area (Å²) in [6.45, 7) is 2.23. The molecule has 0 radical (unpaired) electrons. The first-order valence-electron chi connectivity index (χ1n) is 5.84. The highest BCUT2D eigenvalue weighted by Crippen LogP contribution is 2.22. The topological polar surface area (TPSA) is 39.1 Å². The number of nitrogens with zero attached hydrogens (tertiary/aromatic N) is 2. The van der Waals surface area contributed by atoms with Crippen LogP contribution in [-0.2, 0) is 0 Å². The van der Waals surface area contributed by atoms with Gasteiger partial charge >= 0.3 is 0 Å². The second-order valence-electron chi connectivity index (χ2n) is 4.55. The molecule has 1 aliphatic rings. The second kappa shape index (κ2) is 5.39. The molecule has 1 aromatic rings. The summed E-state index contributed by atoms with van der Waals surface area (Å²) >= 11 is 6.00. The van der Waals surface area contributed by atoms with Crippen molar-refractivity contribution in [3.05, 3.63) is 28.8 Å². The lowest BCUT2D eigenvalue weighted by Crippen LogP contribution is -2.39. The van der Waals surface area contributed by atoms with Crippen LogP contribution >= 0.6 is 11.6 Å². The molecule has 17 heavy (non-hydrogen) atoms. The largest absolute Gasteiger partial charge is 0.381 e. The molecule has 0 aliphatic carbocycles. The zero-order valence-electron chi connectivity index (χ0n) is 9.91. The Morgan fingerprint density at radius 1 is 1.53 bits per heavy atom. The van der Waals surface area contributed by atoms with Crippen molar-refractivity contribution in [2.45, 2.75) is 18.9 Å². The van der Waals surface area contributed by atoms with E-state index < -0.39 is 0 Å². The fraction of sp³-hybridized carbons (Fsp3) is 0.462. The summed E-state index contributed by atoms with van der Waals surface area (Å²) in [5.74, 6) is 0. The molecular weight excluding hydrogens is 234 g/mol. The summed E-state index contributed by atoms with van der Waals surface area (Å²) in [6.07, 6.45) is 2.40. The monoisotopic (exact) mass is 249 g/mol. The highest BCUT2D eigenvalue weighted by Gasteiger charge is 2.16. The molecule has 1 saturated heterocycles. The van der Waals surface area contributed by atoms with Crippen molar-refractivity contribution in [3.63, 3.8) is 0 Å². The molecule has 4 heteroatoms. The smallest absolute Gasteiger partial charge is 0.101 e. The van der Waals surface area contributed by atoms with Crippen LogP contribution in [0.5, 0.6) is 0 Å². The average Bonchev–Trinajstić information content (AvgIpc) is 2.29. The van der Waals surface area contributed by atoms with E-state index in [4.69, 9.17) is 16.9 Å². The standard InChI is InChI=1S/C13H16ClN3/c1-17-6-2-3-12(9-17)16-11-5-4-10(8-15)13(14)7-11/h4-5,7,12,16H,2-3,6,9H2,1H3. The van der Waals surface area contributed by atoms with Crippen molar-refractivity contribution in [1.29, 1.82) is 5.26 Å². The molecule has 0 bridgehead atoms. The second-order valence-corrected chi connectivity index (χ2v) is 4.96. The maximum Gasteiger partial charge on any atom is 0.101 e. The van der Waals surface area contributed by atoms with Gasteiger partial charge in [0.05, 0.1) is 10.6 Å². The third-order valence-corrected chi connectivity index (χ3v) is 3.40. The van der Waals surface area contributed by atoms with Crippen molar-refractivity contribution in [2.75, 3.05) is 25.5 Å². The number of rotatable bonds is 2. The molecule has 0 aromatic heterocycles. The lowest BCUT2D eigenvalue weighted by Gasteiger charge is -2.30. The third-order valence-electron chi connectivity index (χ3n) is 3.08. The SMILES string of the molecule is CN1CCCC(Nc2ccc(C#N)c(Cl)c2)C1. The van der Waals surface area contributed by atoms with Crippen molar-refractivity contribution < 1.29 is 0 Å². The van der Waals surface area contributed by atoms with Gasteiger partial charge in [0.15, 0.2) is 0 Å². The summed E-state index contributed by atoms with van der Waals surface area (Å²) in [4.78, 5) is 2.33. The van der Waals surface area contributed by atoms with E-state index in [0.29, 0.717) is 16.6 Å². The number of hydrogen-bond acceptors (Lipinski definition) is 3. The number of nitriles is 1. The number of hydrogen-bond donors (Lipinski definition) is 1. The van der Waals surface area contributed by atoms with Crippen LogP contribution in [0.2, 0.25) is 5.02 Å². The Morgan fingerprint density at radius 3 is 3.00 bits per heavy atom. The first kappa shape index (κ1) is 12.2. The summed E-state index contributed by atoms with van der Waals surface area (Å²) in [7, 11) is 2.14. The Bertz CT molecular complexity index is 439. The Balaban J connectivity index is 2.04. The molecule has 2 rings (SSSR count). The van der Waals surface area contributed by atoms with Crippen molar-refractivity contribution in [1.82, 2.24) is 4.90 Å². The lowest BCUT2D eigenvalue weighted by molar-refractivity contribution is 0.261. The molecule has 1 aliphatic heterocycles. The van der Waals surface area contributed by atoms with Gasteiger partial charge in [0.25, 0.3) is 0 Å². The van der Waals surface area contributed by atoms with Crippen molar-refractivity contribution >= 4 is 17.3 Å². The van der Waals surface area contributed by atoms with Gasteiger partial charge in [-0.05, 0) is 44.6 Å². The molecular formula is C13H16ClN3. The van der Waals surface area contributed by atoms with E-state index in [-0.39, 0.29) is 0 Å². The molecule has 1 aromatic carbocycles. The van der Waals surface area contributed by atoms with E-state index in [2.05, 4.69) is 23.3 Å². The van der Waals surface area contributed by atoms with Crippen LogP contribution in [0.3, 0.4) is 0 Å². The van der Waals surface area contributed by atoms with Crippen LogP contribution < -0.4 is 5.32 Å². The van der Waals surface area contributed by atoms with E-state index in [9.17, 15) is 0 Å². The molecule has 90 valence electrons. The van der Waals surface area contributed by atoms with Crippen molar-refractivity contribution in [2.24, 2.45) is 0 Å². The predicted molar refractivity (Wildman–Crippen MR) is 70.3 cm³/mol. The van der Waals surface area contributed by atoms with Crippen LogP contribution in [0.25, 0.3) is 0 Å². The number of anilines is 1. The molecule has 1 unspecified atom stereocenters. The normalized spacial score (nSPS) is 20.9. The van der Waals surface area contributed by atoms with Gasteiger partial charge in [0.1, 0.15) is 6.07 Å². The number of likely N-dealkylation sites (tertiary alicyclic amines) is 1. The zero-order chi connectivity index (χ0) is 12.3. The Hall–Kier alpha value is -1.24. The van der Waals surface area contributed by atoms with Gasteiger partial charge in [-0.2, -0.15) is 5.26 Å². The van der Waals surface area contributed by atoms with Gasteiger partial charge in [0.2, 0.25) is 0 Å². The fourth-order valence-electron chi connectivity index (χ4n) is 2.22. The van der Waals surface area contributed by atoms with Crippen LogP contribution in [0.4, 0.5) is 5.69 Å². The minimum Gasteiger partial charge on any atom is -0.381 e. The van der Waals surface area contributed by atoms with Gasteiger partial charge in [-0.3, -0.25) is 0 Å². The number of benzene rings is 1. The molecule has 0 amide bonds. The van der Waals surface area contributed by atoms with E-state index in [1.807, 2.05) is 12.1 Å². The number of nitrogens with one attached hydrogen (secondary N) is 1. The van der Waals surface area contributed by atoms with Gasteiger partial charge in [-0.1, -0.05) is 11.6 Å². The third kappa shape index (κ3) is 3.12. The maximum atomic E-state index is 8.80. The van der Waals surface area contributed by atoms with Crippen LogP contribution in [0.1, 0.15) is 18.4 Å². The number of likely N-dealkylation sites (N-methyl/N-ethyl adjacent to an activating group) is 1. The van der Waals surface area contributed by atoms with Gasteiger partial charge < -0.3 is 10.2 Å². The average molecular weight is 250 g/mol. The maximum absolute atomic E-state index is 8.80. The molecule has 0 saturated carbocycles. The van der Waals surface area contributed by atoms with Gasteiger partial charge in [0, 0.05) is 18.3 Å². The molecule has 1 heterocycles. The summed E-state index contributed by atoms with van der Waals surface area (Å²) < 4.78 is 0. The number of piperidine rings is 1. The molecule has 0 spiro atoms. The Kier molecular flexibility index (Phi) is 3.88. The zero-order valence-corrected chi connectivity index (χ0v) is 10.7. The van der Waals surface area contributed by atoms with Crippen LogP contribution in [-0.4, -0.2) is 31.1 Å². The van der Waals surface area contributed by atoms with Crippen LogP contribution in [0, 0.1) is 11.3 Å². The summed E-state index contributed by atoms with van der Waals surface area (Å²) in [6, 6.07) is 8.04. The molecule has 1 atom stereocenters. The van der Waals surface area contributed by atoms with E-state index in [1.54, 1.807) is 6.07 Å². The Labute approximate surface area is 107 Å². The number of halogens is 1. The lowest BCUT2D eigenvalue weighted by atomic mass is 10.1. The highest BCUT2D eigenvalue weighted by atomic mass is 35.5. The van der Waals surface area contributed by atoms with E-state index >= 15 is 0 Å². The van der Waals surface area contributed by atoms with Crippen LogP contribution in [0.15, 0.2) is 18.2 Å². The van der Waals surface area contributed by atoms with Crippen molar-refractivity contribution in [3.8, 4) is 6.07 Å². The minimum atomic E-state index is 0.470. The van der Waals surface area contributed by atoms with E-state index in [0.717, 1.165) is 12.2 Å². The first-order chi connectivity index (χ1) is 8.19. The highest BCUT2D eigenvalue weighted by molar-refractivity contribution is 6.32. The predicted octanol–water partition coefficient (Wildman–Crippen LogP) is 2.72. The quantitative estimate of drug-likeness (QED) is 0.876. The summed E-state index contributed by atoms with van der Waals surface area (Å²) in [5.41, 5.74) is 1.52. The Morgan fingerprint density at radius 2 is 2.35 bits per heavy atom. The molecule has 1 N–H and O–H groups in total. The fourth-order valence-corrected chi connectivity index (χ4v) is 2.44. The van der Waals surface area contributed by atoms with E-state index in [1.165, 1.54) is 19.4 Å². The summed E-state index contributed by atoms with van der Waals surface area (Å²) in [5, 5.41) is 12.8. The first-order valence-corrected chi connectivity index (χ1v) is 6.21. The molecule has 1 fully saturated rings. The molecule has 3 nitrogen and oxygen atoms in total. The van der Waals surface area contributed by atoms with Gasteiger partial charge in [-0.25, -0.2) is 0 Å². The van der Waals surface area contributed by atoms with Gasteiger partial charge in [-0.15, -0.1) is 0 Å². The minimum absolute atomic E-state index is 0.470.